The molecule has 1 N–H and O–H groups in total. The van der Waals surface area contributed by atoms with Crippen LogP contribution in [0.15, 0.2) is 29.3 Å². The minimum Gasteiger partial charge on any atom is -0.350 e. The summed E-state index contributed by atoms with van der Waals surface area (Å²) in [7, 11) is 0. The zero-order valence-corrected chi connectivity index (χ0v) is 18.9. The van der Waals surface area contributed by atoms with Crippen molar-refractivity contribution in [3.63, 3.8) is 0 Å². The van der Waals surface area contributed by atoms with E-state index < -0.39 is 11.3 Å². The molecule has 8 nitrogen and oxygen atoms in total. The Labute approximate surface area is 190 Å². The average molecular weight is 463 g/mol. The molecule has 4 rings (SSSR count). The number of carbonyl (C=O) groups is 3. The predicted molar refractivity (Wildman–Crippen MR) is 120 cm³/mol. The van der Waals surface area contributed by atoms with Crippen LogP contribution in [0.5, 0.6) is 0 Å². The Morgan fingerprint density at radius 2 is 1.94 bits per heavy atom. The lowest BCUT2D eigenvalue weighted by Crippen LogP contribution is -2.61. The van der Waals surface area contributed by atoms with E-state index in [4.69, 9.17) is 11.6 Å². The molecule has 3 aliphatic rings. The first-order valence-electron chi connectivity index (χ1n) is 10.5. The maximum absolute atomic E-state index is 13.1. The normalized spacial score (nSPS) is 21.0. The van der Waals surface area contributed by atoms with Crippen molar-refractivity contribution in [3.8, 4) is 0 Å². The maximum Gasteiger partial charge on any atom is 0.357 e. The van der Waals surface area contributed by atoms with Crippen LogP contribution in [0, 0.1) is 0 Å². The molecule has 0 bridgehead atoms. The number of carbonyl (C=O) groups excluding carboxylic acids is 3. The van der Waals surface area contributed by atoms with Crippen LogP contribution in [-0.2, 0) is 16.1 Å². The highest BCUT2D eigenvalue weighted by atomic mass is 35.5. The number of amidine groups is 2. The second-order valence-corrected chi connectivity index (χ2v) is 9.22. The first kappa shape index (κ1) is 21.8. The number of rotatable bonds is 6. The molecule has 3 aliphatic heterocycles. The summed E-state index contributed by atoms with van der Waals surface area (Å²) in [5, 5.41) is 3.65. The number of amides is 4. The van der Waals surface area contributed by atoms with Crippen LogP contribution in [0.4, 0.5) is 4.79 Å². The van der Waals surface area contributed by atoms with Gasteiger partial charge in [0.15, 0.2) is 5.25 Å². The first-order valence-corrected chi connectivity index (χ1v) is 11.7. The molecule has 31 heavy (non-hydrogen) atoms. The summed E-state index contributed by atoms with van der Waals surface area (Å²) in [6.45, 7) is 4.18. The number of imide groups is 1. The summed E-state index contributed by atoms with van der Waals surface area (Å²) in [6.07, 6.45) is 2.83. The fourth-order valence-corrected chi connectivity index (χ4v) is 5.15. The second-order valence-electron chi connectivity index (χ2n) is 7.71. The van der Waals surface area contributed by atoms with Gasteiger partial charge in [-0.3, -0.25) is 19.1 Å². The van der Waals surface area contributed by atoms with Gasteiger partial charge in [0.2, 0.25) is 5.91 Å². The van der Waals surface area contributed by atoms with Crippen molar-refractivity contribution in [1.82, 2.24) is 15.1 Å². The number of benzene rings is 1. The number of urea groups is 1. The highest BCUT2D eigenvalue weighted by Crippen LogP contribution is 2.32. The summed E-state index contributed by atoms with van der Waals surface area (Å²) in [4.78, 5) is 45.9. The average Bonchev–Trinajstić information content (AvgIpc) is 3.44. The number of halogens is 1. The number of hydrogen-bond acceptors (Lipinski definition) is 4. The molecule has 1 aromatic carbocycles. The summed E-state index contributed by atoms with van der Waals surface area (Å²) in [5.41, 5.74) is 0.904. The number of fused-ring (bicyclic) bond motifs is 1. The van der Waals surface area contributed by atoms with Gasteiger partial charge in [0.25, 0.3) is 11.7 Å². The summed E-state index contributed by atoms with van der Waals surface area (Å²) in [5.74, 6) is -0.186. The lowest BCUT2D eigenvalue weighted by atomic mass is 10.2. The van der Waals surface area contributed by atoms with E-state index in [1.54, 1.807) is 12.1 Å². The zero-order chi connectivity index (χ0) is 22.0. The third kappa shape index (κ3) is 4.62. The third-order valence-electron chi connectivity index (χ3n) is 5.43. The Kier molecular flexibility index (Phi) is 6.62. The van der Waals surface area contributed by atoms with Crippen molar-refractivity contribution in [2.24, 2.45) is 4.99 Å². The van der Waals surface area contributed by atoms with Gasteiger partial charge in [-0.05, 0) is 53.7 Å². The van der Waals surface area contributed by atoms with Gasteiger partial charge >= 0.3 is 11.2 Å². The van der Waals surface area contributed by atoms with E-state index in [2.05, 4.69) is 14.9 Å². The molecule has 0 aromatic heterocycles. The molecule has 0 radical (unpaired) electrons. The van der Waals surface area contributed by atoms with Gasteiger partial charge in [0.1, 0.15) is 6.54 Å². The molecular weight excluding hydrogens is 438 g/mol. The Morgan fingerprint density at radius 3 is 2.61 bits per heavy atom. The lowest BCUT2D eigenvalue weighted by molar-refractivity contribution is -0.503. The van der Waals surface area contributed by atoms with Gasteiger partial charge in [-0.15, -0.1) is 0 Å². The second kappa shape index (κ2) is 9.40. The number of aliphatic imine (C=N–C) groups is 1. The Bertz CT molecular complexity index is 954. The molecule has 0 aliphatic carbocycles. The van der Waals surface area contributed by atoms with E-state index >= 15 is 0 Å². The van der Waals surface area contributed by atoms with E-state index in [-0.39, 0.29) is 18.4 Å². The maximum atomic E-state index is 13.1. The summed E-state index contributed by atoms with van der Waals surface area (Å²) in [6, 6.07) is 6.71. The molecular formula is C21H25ClN5O3S+. The predicted octanol–water partition coefficient (Wildman–Crippen LogP) is 2.31. The van der Waals surface area contributed by atoms with E-state index in [0.29, 0.717) is 30.4 Å². The largest absolute Gasteiger partial charge is 0.357 e. The van der Waals surface area contributed by atoms with Crippen molar-refractivity contribution in [1.29, 1.82) is 0 Å². The fourth-order valence-electron chi connectivity index (χ4n) is 3.82. The van der Waals surface area contributed by atoms with Crippen molar-refractivity contribution in [3.05, 3.63) is 34.9 Å². The molecule has 1 unspecified atom stereocenters. The standard InChI is InChI=1S/C21H24ClN5O3S/c1-2-9-26-19(29)17-18(24-20(31-17)25-10-3-4-11-25)27(21(26)30)13-16(28)23-12-14-5-7-15(22)8-6-14/h5-8,17H,2-4,9-13H2,1H3/p+1. The molecule has 4 amide bonds. The topological polar surface area (TPSA) is 85.1 Å². The van der Waals surface area contributed by atoms with Crippen molar-refractivity contribution >= 4 is 52.2 Å². The van der Waals surface area contributed by atoms with Gasteiger partial charge in [0.05, 0.1) is 13.1 Å². The third-order valence-corrected chi connectivity index (χ3v) is 6.89. The van der Waals surface area contributed by atoms with E-state index in [1.165, 1.54) is 21.6 Å². The van der Waals surface area contributed by atoms with E-state index in [0.717, 1.165) is 36.7 Å². The van der Waals surface area contributed by atoms with E-state index in [9.17, 15) is 14.4 Å². The van der Waals surface area contributed by atoms with Crippen LogP contribution >= 0.6 is 23.4 Å². The molecule has 10 heteroatoms. The molecule has 2 fully saturated rings. The zero-order valence-electron chi connectivity index (χ0n) is 17.3. The Hall–Kier alpha value is -2.39. The monoisotopic (exact) mass is 462 g/mol. The smallest absolute Gasteiger partial charge is 0.350 e. The van der Waals surface area contributed by atoms with Crippen LogP contribution in [0.3, 0.4) is 0 Å². The van der Waals surface area contributed by atoms with Crippen molar-refractivity contribution < 1.29 is 19.0 Å². The SMILES string of the molecule is CCCN1C(=O)C2SC(=[N+]3CCCC3)N=C2N(CC(=O)NCc2ccc(Cl)cc2)C1=O. The molecule has 164 valence electrons. The molecule has 1 atom stereocenters. The highest BCUT2D eigenvalue weighted by molar-refractivity contribution is 8.15. The quantitative estimate of drug-likeness (QED) is 0.657. The molecule has 2 saturated heterocycles. The molecule has 0 spiro atoms. The van der Waals surface area contributed by atoms with Gasteiger partial charge in [-0.1, -0.05) is 30.7 Å². The number of nitrogens with zero attached hydrogens (tertiary/aromatic N) is 4. The van der Waals surface area contributed by atoms with Crippen LogP contribution < -0.4 is 5.32 Å². The van der Waals surface area contributed by atoms with Gasteiger partial charge in [0, 0.05) is 18.1 Å². The van der Waals surface area contributed by atoms with Crippen LogP contribution in [-0.4, -0.2) is 74.7 Å². The number of nitrogens with one attached hydrogen (secondary N) is 1. The van der Waals surface area contributed by atoms with Crippen molar-refractivity contribution in [2.75, 3.05) is 26.2 Å². The number of thioether (sulfide) groups is 1. The molecule has 0 saturated carbocycles. The van der Waals surface area contributed by atoms with E-state index in [1.807, 2.05) is 19.1 Å². The minimum absolute atomic E-state index is 0.177. The molecule has 3 heterocycles. The fraction of sp³-hybridized carbons (Fsp3) is 0.476. The van der Waals surface area contributed by atoms with Gasteiger partial charge in [-0.2, -0.15) is 0 Å². The Balaban J connectivity index is 1.52. The summed E-state index contributed by atoms with van der Waals surface area (Å²) >= 11 is 7.28. The minimum atomic E-state index is -0.580. The lowest BCUT2D eigenvalue weighted by Gasteiger charge is -2.34. The first-order chi connectivity index (χ1) is 15.0. The van der Waals surface area contributed by atoms with Gasteiger partial charge in [-0.25, -0.2) is 9.69 Å². The van der Waals surface area contributed by atoms with Gasteiger partial charge < -0.3 is 5.32 Å². The Morgan fingerprint density at radius 1 is 1.23 bits per heavy atom. The number of hydrogen-bond donors (Lipinski definition) is 1. The highest BCUT2D eigenvalue weighted by Gasteiger charge is 2.53. The van der Waals surface area contributed by atoms with Crippen LogP contribution in [0.1, 0.15) is 31.7 Å². The summed E-state index contributed by atoms with van der Waals surface area (Å²) < 4.78 is 2.15. The molecule has 1 aromatic rings. The van der Waals surface area contributed by atoms with Crippen LogP contribution in [0.2, 0.25) is 5.02 Å². The van der Waals surface area contributed by atoms with Crippen molar-refractivity contribution in [2.45, 2.75) is 38.0 Å². The van der Waals surface area contributed by atoms with Crippen LogP contribution in [0.25, 0.3) is 0 Å².